The molecule has 0 aliphatic heterocycles. The first-order chi connectivity index (χ1) is 15.3. The molecule has 0 N–H and O–H groups in total. The van der Waals surface area contributed by atoms with Gasteiger partial charge in [-0.25, -0.2) is 0 Å². The summed E-state index contributed by atoms with van der Waals surface area (Å²) in [5, 5.41) is 5.89. The molecule has 0 radical (unpaired) electrons. The molecule has 31 heavy (non-hydrogen) atoms. The first-order valence-corrected chi connectivity index (χ1v) is 15.8. The Bertz CT molecular complexity index is 825. The fraction of sp³-hybridized carbons (Fsp3) is 0.0769. The van der Waals surface area contributed by atoms with Crippen molar-refractivity contribution in [3.8, 4) is 0 Å². The van der Waals surface area contributed by atoms with Gasteiger partial charge in [0.05, 0.1) is 0 Å². The standard InChI is InChI=1S/C26H24P2.2ClH.Co/c1-5-13-23(14-6-1)27(24-15-7-2-8-16-24)21-22-28(25-17-9-3-10-18-25)26-19-11-4-12-20-26;;;/h1-20H,21-22H2;2*1H;/q;;;+2/p-2. The van der Waals surface area contributed by atoms with Crippen molar-refractivity contribution < 1.29 is 12.9 Å². The summed E-state index contributed by atoms with van der Waals surface area (Å²) in [5.41, 5.74) is 0. The number of halogens is 2. The SMILES string of the molecule is [Cl][Co][Cl].c1ccc(P(CCP(c2ccccc2)c2ccccc2)c2ccccc2)cc1. The molecule has 0 spiro atoms. The maximum Gasteiger partial charge on any atom is -0.0195 e. The Labute approximate surface area is 203 Å². The van der Waals surface area contributed by atoms with E-state index in [1.807, 2.05) is 0 Å². The maximum atomic E-state index is 4.73. The van der Waals surface area contributed by atoms with Crippen molar-refractivity contribution in [1.29, 1.82) is 0 Å². The summed E-state index contributed by atoms with van der Waals surface area (Å²) < 4.78 is 0. The molecule has 0 heterocycles. The first-order valence-electron chi connectivity index (χ1n) is 9.92. The van der Waals surface area contributed by atoms with Gasteiger partial charge < -0.3 is 0 Å². The van der Waals surface area contributed by atoms with Crippen LogP contribution in [-0.2, 0) is 12.9 Å². The third-order valence-electron chi connectivity index (χ3n) is 4.82. The molecule has 161 valence electrons. The van der Waals surface area contributed by atoms with E-state index in [1.54, 1.807) is 0 Å². The van der Waals surface area contributed by atoms with Gasteiger partial charge in [-0.05, 0) is 49.4 Å². The largest absolute Gasteiger partial charge is 0.0622 e. The molecule has 0 saturated heterocycles. The predicted octanol–water partition coefficient (Wildman–Crippen LogP) is 6.63. The van der Waals surface area contributed by atoms with E-state index in [0.29, 0.717) is 12.9 Å². The van der Waals surface area contributed by atoms with Gasteiger partial charge in [0.15, 0.2) is 0 Å². The number of rotatable bonds is 7. The molecule has 0 aliphatic carbocycles. The Hall–Kier alpha value is -1.17. The zero-order valence-electron chi connectivity index (χ0n) is 16.9. The zero-order chi connectivity index (χ0) is 21.7. The van der Waals surface area contributed by atoms with Crippen molar-refractivity contribution in [3.05, 3.63) is 121 Å². The van der Waals surface area contributed by atoms with Gasteiger partial charge in [0.25, 0.3) is 0 Å². The quantitative estimate of drug-likeness (QED) is 0.237. The third kappa shape index (κ3) is 7.72. The Balaban J connectivity index is 0.000000858. The smallest absolute Gasteiger partial charge is 0.0195 e. The normalized spacial score (nSPS) is 10.7. The van der Waals surface area contributed by atoms with Crippen molar-refractivity contribution in [3.63, 3.8) is 0 Å². The third-order valence-corrected chi connectivity index (χ3v) is 10.2. The average molecular weight is 528 g/mol. The molecule has 0 atom stereocenters. The van der Waals surface area contributed by atoms with E-state index in [2.05, 4.69) is 121 Å². The summed E-state index contributed by atoms with van der Waals surface area (Å²) in [6.45, 7) is 0. The van der Waals surface area contributed by atoms with Crippen LogP contribution in [0, 0.1) is 0 Å². The second-order valence-electron chi connectivity index (χ2n) is 6.69. The van der Waals surface area contributed by atoms with Crippen LogP contribution in [0.1, 0.15) is 0 Å². The molecule has 0 nitrogen and oxygen atoms in total. The van der Waals surface area contributed by atoms with Crippen LogP contribution in [0.4, 0.5) is 0 Å². The van der Waals surface area contributed by atoms with Crippen LogP contribution in [0.2, 0.25) is 0 Å². The van der Waals surface area contributed by atoms with Crippen LogP contribution >= 0.6 is 36.1 Å². The van der Waals surface area contributed by atoms with Crippen molar-refractivity contribution >= 4 is 57.4 Å². The van der Waals surface area contributed by atoms with E-state index in [-0.39, 0.29) is 15.8 Å². The molecular formula is C26H24Cl2CoP2. The van der Waals surface area contributed by atoms with Crippen LogP contribution in [0.5, 0.6) is 0 Å². The Morgan fingerprint density at radius 3 is 0.806 bits per heavy atom. The summed E-state index contributed by atoms with van der Waals surface area (Å²) in [6.07, 6.45) is 2.41. The van der Waals surface area contributed by atoms with Crippen molar-refractivity contribution in [2.24, 2.45) is 0 Å². The minimum atomic E-state index is -0.348. The summed E-state index contributed by atoms with van der Waals surface area (Å²) in [7, 11) is 8.77. The monoisotopic (exact) mass is 527 g/mol. The Morgan fingerprint density at radius 1 is 0.419 bits per heavy atom. The topological polar surface area (TPSA) is 0 Å². The molecule has 0 aromatic heterocycles. The molecule has 0 unspecified atom stereocenters. The minimum absolute atomic E-state index is 0.348. The van der Waals surface area contributed by atoms with Gasteiger partial charge in [-0.3, -0.25) is 0 Å². The maximum absolute atomic E-state index is 4.73. The Kier molecular flexibility index (Phi) is 11.1. The molecule has 5 heteroatoms. The minimum Gasteiger partial charge on any atom is -0.0622 e. The van der Waals surface area contributed by atoms with Gasteiger partial charge in [-0.15, -0.1) is 0 Å². The van der Waals surface area contributed by atoms with E-state index < -0.39 is 0 Å². The van der Waals surface area contributed by atoms with Gasteiger partial charge >= 0.3 is 33.2 Å². The number of benzene rings is 4. The molecule has 0 saturated carbocycles. The van der Waals surface area contributed by atoms with Gasteiger partial charge in [-0.1, -0.05) is 121 Å². The molecular weight excluding hydrogens is 504 g/mol. The fourth-order valence-corrected chi connectivity index (χ4v) is 8.80. The Morgan fingerprint density at radius 2 is 0.613 bits per heavy atom. The number of hydrogen-bond donors (Lipinski definition) is 0. The van der Waals surface area contributed by atoms with Crippen LogP contribution in [-0.4, -0.2) is 12.3 Å². The summed E-state index contributed by atoms with van der Waals surface area (Å²) in [4.78, 5) is 0. The van der Waals surface area contributed by atoms with E-state index >= 15 is 0 Å². The van der Waals surface area contributed by atoms with Crippen LogP contribution < -0.4 is 21.2 Å². The van der Waals surface area contributed by atoms with Crippen LogP contribution in [0.25, 0.3) is 0 Å². The summed E-state index contributed by atoms with van der Waals surface area (Å²) in [6, 6.07) is 44.2. The van der Waals surface area contributed by atoms with Gasteiger partial charge in [0.2, 0.25) is 0 Å². The number of hydrogen-bond acceptors (Lipinski definition) is 0. The van der Waals surface area contributed by atoms with Crippen molar-refractivity contribution in [2.45, 2.75) is 0 Å². The summed E-state index contributed by atoms with van der Waals surface area (Å²) >= 11 is 0.382. The molecule has 0 fully saturated rings. The molecule has 0 aliphatic rings. The molecule has 0 bridgehead atoms. The average Bonchev–Trinajstić information content (AvgIpc) is 2.85. The predicted molar refractivity (Wildman–Crippen MR) is 140 cm³/mol. The van der Waals surface area contributed by atoms with Crippen molar-refractivity contribution in [2.75, 3.05) is 12.3 Å². The van der Waals surface area contributed by atoms with E-state index in [0.717, 1.165) is 0 Å². The molecule has 4 rings (SSSR count). The fourth-order valence-electron chi connectivity index (χ4n) is 3.45. The second-order valence-corrected chi connectivity index (χ2v) is 13.1. The van der Waals surface area contributed by atoms with Gasteiger partial charge in [0.1, 0.15) is 0 Å². The second kappa shape index (κ2) is 14.1. The van der Waals surface area contributed by atoms with E-state index in [1.165, 1.54) is 33.5 Å². The molecule has 4 aromatic rings. The van der Waals surface area contributed by atoms with Crippen LogP contribution in [0.15, 0.2) is 121 Å². The van der Waals surface area contributed by atoms with Crippen LogP contribution in [0.3, 0.4) is 0 Å². The van der Waals surface area contributed by atoms with Gasteiger partial charge in [-0.2, -0.15) is 0 Å². The van der Waals surface area contributed by atoms with Crippen molar-refractivity contribution in [1.82, 2.24) is 0 Å². The van der Waals surface area contributed by atoms with E-state index in [4.69, 9.17) is 20.3 Å². The van der Waals surface area contributed by atoms with E-state index in [9.17, 15) is 0 Å². The first kappa shape index (κ1) is 24.5. The summed E-state index contributed by atoms with van der Waals surface area (Å²) in [5.74, 6) is 0. The molecule has 0 amide bonds. The van der Waals surface area contributed by atoms with Gasteiger partial charge in [0, 0.05) is 0 Å². The zero-order valence-corrected chi connectivity index (χ0v) is 21.3. The molecule has 4 aromatic carbocycles.